The highest BCUT2D eigenvalue weighted by atomic mass is 19.2. The van der Waals surface area contributed by atoms with Crippen molar-refractivity contribution in [1.82, 2.24) is 9.80 Å². The molecule has 1 aliphatic carbocycles. The van der Waals surface area contributed by atoms with E-state index in [2.05, 4.69) is 40.1 Å². The number of rotatable bonds is 10. The molecule has 4 nitrogen and oxygen atoms in total. The van der Waals surface area contributed by atoms with Crippen LogP contribution < -0.4 is 0 Å². The Morgan fingerprint density at radius 2 is 1.67 bits per heavy atom. The van der Waals surface area contributed by atoms with Gasteiger partial charge in [0.15, 0.2) is 11.6 Å². The van der Waals surface area contributed by atoms with Gasteiger partial charge in [-0.2, -0.15) is 0 Å². The van der Waals surface area contributed by atoms with Crippen LogP contribution in [0, 0.1) is 29.4 Å². The van der Waals surface area contributed by atoms with Gasteiger partial charge in [-0.25, -0.2) is 8.78 Å². The van der Waals surface area contributed by atoms with E-state index in [-0.39, 0.29) is 12.0 Å². The first kappa shape index (κ1) is 28.2. The Balaban J connectivity index is 1.16. The quantitative estimate of drug-likeness (QED) is 0.364. The van der Waals surface area contributed by atoms with Crippen LogP contribution in [0.25, 0.3) is 0 Å². The summed E-state index contributed by atoms with van der Waals surface area (Å²) >= 11 is 0. The van der Waals surface area contributed by atoms with Crippen molar-refractivity contribution in [3.8, 4) is 0 Å². The van der Waals surface area contributed by atoms with E-state index in [9.17, 15) is 18.7 Å². The summed E-state index contributed by atoms with van der Waals surface area (Å²) in [5, 5.41) is 10.3. The summed E-state index contributed by atoms with van der Waals surface area (Å²) < 4.78 is 26.7. The molecule has 3 unspecified atom stereocenters. The number of nitrogens with zero attached hydrogens (tertiary/aromatic N) is 2. The fourth-order valence-electron chi connectivity index (χ4n) is 7.58. The number of aryl methyl sites for hydroxylation is 1. The predicted octanol–water partition coefficient (Wildman–Crippen LogP) is 6.75. The van der Waals surface area contributed by atoms with Gasteiger partial charge in [0.25, 0.3) is 0 Å². The molecule has 2 heterocycles. The lowest BCUT2D eigenvalue weighted by atomic mass is 9.83. The lowest BCUT2D eigenvalue weighted by Gasteiger charge is -2.35. The lowest BCUT2D eigenvalue weighted by molar-refractivity contribution is -0.145. The molecule has 0 spiro atoms. The number of benzene rings is 2. The summed E-state index contributed by atoms with van der Waals surface area (Å²) in [6.45, 7) is 4.89. The first-order valence-corrected chi connectivity index (χ1v) is 15.2. The topological polar surface area (TPSA) is 43.8 Å². The zero-order valence-electron chi connectivity index (χ0n) is 23.1. The molecule has 2 saturated heterocycles. The van der Waals surface area contributed by atoms with E-state index >= 15 is 0 Å². The van der Waals surface area contributed by atoms with Gasteiger partial charge in [-0.05, 0) is 92.6 Å². The summed E-state index contributed by atoms with van der Waals surface area (Å²) in [5.41, 5.74) is 2.21. The summed E-state index contributed by atoms with van der Waals surface area (Å²) in [4.78, 5) is 17.4. The molecule has 0 aromatic heterocycles. The molecule has 0 bridgehead atoms. The zero-order valence-corrected chi connectivity index (χ0v) is 23.1. The Morgan fingerprint density at radius 3 is 2.36 bits per heavy atom. The van der Waals surface area contributed by atoms with E-state index in [4.69, 9.17) is 0 Å². The number of hydrogen-bond donors (Lipinski definition) is 1. The molecule has 1 N–H and O–H groups in total. The van der Waals surface area contributed by atoms with E-state index in [1.54, 1.807) is 6.07 Å². The van der Waals surface area contributed by atoms with Gasteiger partial charge in [0.1, 0.15) is 6.04 Å². The van der Waals surface area contributed by atoms with Crippen LogP contribution in [0.3, 0.4) is 0 Å². The molecule has 0 radical (unpaired) electrons. The average molecular weight is 539 g/mol. The second-order valence-corrected chi connectivity index (χ2v) is 12.3. The van der Waals surface area contributed by atoms with Crippen LogP contribution in [0.5, 0.6) is 0 Å². The number of carbonyl (C=O) groups is 1. The van der Waals surface area contributed by atoms with E-state index in [0.29, 0.717) is 17.8 Å². The molecule has 2 aromatic rings. The van der Waals surface area contributed by atoms with E-state index < -0.39 is 17.6 Å². The number of piperidine rings is 1. The lowest BCUT2D eigenvalue weighted by Crippen LogP contribution is -2.46. The van der Waals surface area contributed by atoms with Crippen LogP contribution >= 0.6 is 0 Å². The SMILES string of the molecule is O=C(O)C(C1CCCCC1)N1CC(CN2CCC(CCCc3ccc(F)c(F)c3)CC2)C(c2ccccc2)C1. The molecule has 3 fully saturated rings. The molecule has 1 saturated carbocycles. The Kier molecular flexibility index (Phi) is 9.67. The van der Waals surface area contributed by atoms with Gasteiger partial charge in [-0.3, -0.25) is 9.69 Å². The van der Waals surface area contributed by atoms with Crippen LogP contribution in [0.2, 0.25) is 0 Å². The number of likely N-dealkylation sites (tertiary alicyclic amines) is 2. The van der Waals surface area contributed by atoms with Crippen molar-refractivity contribution in [3.05, 3.63) is 71.3 Å². The monoisotopic (exact) mass is 538 g/mol. The minimum absolute atomic E-state index is 0.272. The molecule has 6 heteroatoms. The maximum absolute atomic E-state index is 13.5. The molecule has 2 aliphatic heterocycles. The normalized spacial score (nSPS) is 24.7. The molecule has 5 rings (SSSR count). The molecular weight excluding hydrogens is 494 g/mol. The van der Waals surface area contributed by atoms with Crippen LogP contribution in [0.1, 0.15) is 74.8 Å². The van der Waals surface area contributed by atoms with Crippen molar-refractivity contribution in [2.75, 3.05) is 32.7 Å². The summed E-state index contributed by atoms with van der Waals surface area (Å²) in [7, 11) is 0. The Morgan fingerprint density at radius 1 is 0.923 bits per heavy atom. The highest BCUT2D eigenvalue weighted by Gasteiger charge is 2.43. The number of carboxylic acid groups (broad SMARTS) is 1. The fourth-order valence-corrected chi connectivity index (χ4v) is 7.58. The van der Waals surface area contributed by atoms with Crippen LogP contribution in [0.15, 0.2) is 48.5 Å². The smallest absolute Gasteiger partial charge is 0.321 e. The van der Waals surface area contributed by atoms with Crippen molar-refractivity contribution in [3.63, 3.8) is 0 Å². The third-order valence-electron chi connectivity index (χ3n) is 9.70. The first-order valence-electron chi connectivity index (χ1n) is 15.2. The summed E-state index contributed by atoms with van der Waals surface area (Å²) in [5.74, 6) is -0.424. The van der Waals surface area contributed by atoms with E-state index in [0.717, 1.165) is 83.2 Å². The highest BCUT2D eigenvalue weighted by molar-refractivity contribution is 5.74. The van der Waals surface area contributed by atoms with Gasteiger partial charge >= 0.3 is 5.97 Å². The molecule has 0 amide bonds. The van der Waals surface area contributed by atoms with Gasteiger partial charge < -0.3 is 10.0 Å². The summed E-state index contributed by atoms with van der Waals surface area (Å²) in [6, 6.07) is 14.6. The van der Waals surface area contributed by atoms with Gasteiger partial charge in [0.05, 0.1) is 0 Å². The number of carboxylic acids is 1. The van der Waals surface area contributed by atoms with E-state index in [1.165, 1.54) is 37.0 Å². The van der Waals surface area contributed by atoms with Crippen molar-refractivity contribution in [1.29, 1.82) is 0 Å². The third kappa shape index (κ3) is 7.26. The molecule has 3 atom stereocenters. The van der Waals surface area contributed by atoms with Crippen molar-refractivity contribution in [2.45, 2.75) is 76.2 Å². The Bertz CT molecular complexity index is 1070. The summed E-state index contributed by atoms with van der Waals surface area (Å²) in [6.07, 6.45) is 10.9. The van der Waals surface area contributed by atoms with Crippen molar-refractivity contribution < 1.29 is 18.7 Å². The van der Waals surface area contributed by atoms with Gasteiger partial charge in [0, 0.05) is 25.6 Å². The molecule has 3 aliphatic rings. The van der Waals surface area contributed by atoms with Crippen LogP contribution in [-0.2, 0) is 11.2 Å². The second kappa shape index (κ2) is 13.4. The van der Waals surface area contributed by atoms with Crippen LogP contribution in [0.4, 0.5) is 8.78 Å². The van der Waals surface area contributed by atoms with E-state index in [1.807, 2.05) is 0 Å². The fraction of sp³-hybridized carbons (Fsp3) is 0.606. The predicted molar refractivity (Wildman–Crippen MR) is 151 cm³/mol. The second-order valence-electron chi connectivity index (χ2n) is 12.3. The first-order chi connectivity index (χ1) is 19.0. The number of halogens is 2. The third-order valence-corrected chi connectivity index (χ3v) is 9.70. The molecule has 39 heavy (non-hydrogen) atoms. The standard InChI is InChI=1S/C33H44F2N2O2/c34-30-15-14-25(20-31(30)35)9-7-8-24-16-18-36(19-17-24)21-28-22-37(23-29(28)26-10-3-1-4-11-26)32(33(38)39)27-12-5-2-6-13-27/h1,3-4,10-11,14-15,20,24,27-29,32H,2,5-9,12-13,16-19,21-23H2,(H,38,39). The highest BCUT2D eigenvalue weighted by Crippen LogP contribution is 2.38. The van der Waals surface area contributed by atoms with Gasteiger partial charge in [0.2, 0.25) is 0 Å². The largest absolute Gasteiger partial charge is 0.480 e. The minimum Gasteiger partial charge on any atom is -0.480 e. The number of hydrogen-bond acceptors (Lipinski definition) is 3. The zero-order chi connectivity index (χ0) is 27.2. The number of aliphatic carboxylic acids is 1. The molecular formula is C33H44F2N2O2. The average Bonchev–Trinajstić information content (AvgIpc) is 3.35. The van der Waals surface area contributed by atoms with Crippen molar-refractivity contribution >= 4 is 5.97 Å². The van der Waals surface area contributed by atoms with Gasteiger partial charge in [-0.1, -0.05) is 62.1 Å². The van der Waals surface area contributed by atoms with Gasteiger partial charge in [-0.15, -0.1) is 0 Å². The maximum atomic E-state index is 13.5. The molecule has 2 aromatic carbocycles. The minimum atomic E-state index is -0.779. The Hall–Kier alpha value is -2.31. The van der Waals surface area contributed by atoms with Crippen LogP contribution in [-0.4, -0.2) is 59.6 Å². The maximum Gasteiger partial charge on any atom is 0.321 e. The Labute approximate surface area is 232 Å². The van der Waals surface area contributed by atoms with Crippen molar-refractivity contribution in [2.24, 2.45) is 17.8 Å². The molecule has 212 valence electrons.